The minimum atomic E-state index is -0.434. The van der Waals surface area contributed by atoms with Crippen LogP contribution in [0.3, 0.4) is 0 Å². The molecule has 0 spiro atoms. The van der Waals surface area contributed by atoms with Crippen molar-refractivity contribution in [1.29, 1.82) is 0 Å². The number of ether oxygens (including phenoxy) is 2. The van der Waals surface area contributed by atoms with Gasteiger partial charge >= 0.3 is 5.97 Å². The first-order valence-electron chi connectivity index (χ1n) is 11.5. The molecule has 0 N–H and O–H groups in total. The number of benzene rings is 3. The summed E-state index contributed by atoms with van der Waals surface area (Å²) in [6, 6.07) is 15.3. The lowest BCUT2D eigenvalue weighted by molar-refractivity contribution is -0.130. The average molecular weight is 473 g/mol. The molecule has 0 amide bonds. The van der Waals surface area contributed by atoms with E-state index < -0.39 is 5.97 Å². The summed E-state index contributed by atoms with van der Waals surface area (Å²) in [5, 5.41) is 2.21. The topological polar surface area (TPSA) is 35.5 Å². The second kappa shape index (κ2) is 10.3. The van der Waals surface area contributed by atoms with Crippen LogP contribution in [0, 0.1) is 0 Å². The molecule has 3 aromatic rings. The van der Waals surface area contributed by atoms with E-state index in [1.54, 1.807) is 6.92 Å². The maximum absolute atomic E-state index is 12.6. The molecule has 174 valence electrons. The highest BCUT2D eigenvalue weighted by Gasteiger charge is 2.26. The number of carbonyl (C=O) groups is 1. The number of hydrogen-bond donors (Lipinski definition) is 0. The van der Waals surface area contributed by atoms with E-state index in [4.69, 9.17) is 21.1 Å². The normalized spacial score (nSPS) is 12.5. The summed E-state index contributed by atoms with van der Waals surface area (Å²) in [5.74, 6) is 1.64. The molecule has 0 saturated carbocycles. The van der Waals surface area contributed by atoms with Crippen molar-refractivity contribution < 1.29 is 14.3 Å². The zero-order chi connectivity index (χ0) is 24.2. The SMILES string of the molecule is C=C(C)C(=O)Oc1c2c(c(Oc3ccccc3)c3cc(Cl)ccc13)CC=C(CCC=C(C)C)C2. The van der Waals surface area contributed by atoms with Crippen molar-refractivity contribution in [1.82, 2.24) is 0 Å². The Kier molecular flexibility index (Phi) is 7.23. The number of rotatable bonds is 7. The highest BCUT2D eigenvalue weighted by Crippen LogP contribution is 2.46. The van der Waals surface area contributed by atoms with Gasteiger partial charge in [-0.1, -0.05) is 59.7 Å². The lowest BCUT2D eigenvalue weighted by Gasteiger charge is -2.25. The zero-order valence-corrected chi connectivity index (χ0v) is 20.7. The van der Waals surface area contributed by atoms with Crippen LogP contribution in [0.5, 0.6) is 17.2 Å². The fourth-order valence-electron chi connectivity index (χ4n) is 4.21. The van der Waals surface area contributed by atoms with Gasteiger partial charge in [-0.15, -0.1) is 0 Å². The fourth-order valence-corrected chi connectivity index (χ4v) is 4.38. The molecule has 0 aliphatic heterocycles. The molecule has 1 aliphatic carbocycles. The minimum absolute atomic E-state index is 0.357. The number of hydrogen-bond acceptors (Lipinski definition) is 3. The molecule has 0 bridgehead atoms. The number of para-hydroxylation sites is 1. The van der Waals surface area contributed by atoms with Gasteiger partial charge in [-0.3, -0.25) is 0 Å². The van der Waals surface area contributed by atoms with Crippen LogP contribution in [0.1, 0.15) is 44.7 Å². The Bertz CT molecular complexity index is 1310. The Morgan fingerprint density at radius 3 is 2.50 bits per heavy atom. The molecule has 0 unspecified atom stereocenters. The number of esters is 1. The van der Waals surface area contributed by atoms with Gasteiger partial charge in [-0.05, 0) is 76.8 Å². The van der Waals surface area contributed by atoms with E-state index >= 15 is 0 Å². The molecular weight excluding hydrogens is 444 g/mol. The summed E-state index contributed by atoms with van der Waals surface area (Å²) in [7, 11) is 0. The average Bonchev–Trinajstić information content (AvgIpc) is 2.81. The Morgan fingerprint density at radius 1 is 1.03 bits per heavy atom. The molecule has 0 radical (unpaired) electrons. The quantitative estimate of drug-likeness (QED) is 0.149. The lowest BCUT2D eigenvalue weighted by atomic mass is 9.85. The van der Waals surface area contributed by atoms with E-state index in [1.165, 1.54) is 11.1 Å². The van der Waals surface area contributed by atoms with Gasteiger partial charge in [0.2, 0.25) is 0 Å². The third kappa shape index (κ3) is 5.26. The highest BCUT2D eigenvalue weighted by atomic mass is 35.5. The Labute approximate surface area is 206 Å². The maximum Gasteiger partial charge on any atom is 0.338 e. The Morgan fingerprint density at radius 2 is 1.79 bits per heavy atom. The van der Waals surface area contributed by atoms with Gasteiger partial charge in [0.1, 0.15) is 17.2 Å². The number of allylic oxidation sites excluding steroid dienone is 4. The van der Waals surface area contributed by atoms with Crippen molar-refractivity contribution in [3.05, 3.63) is 100 Å². The molecule has 1 aliphatic rings. The molecule has 3 aromatic carbocycles. The summed E-state index contributed by atoms with van der Waals surface area (Å²) in [6.07, 6.45) is 7.88. The number of halogens is 1. The molecule has 0 saturated heterocycles. The number of fused-ring (bicyclic) bond motifs is 2. The molecule has 4 rings (SSSR count). The third-order valence-corrected chi connectivity index (χ3v) is 6.14. The second-order valence-corrected chi connectivity index (χ2v) is 9.39. The van der Waals surface area contributed by atoms with Gasteiger partial charge in [0.25, 0.3) is 0 Å². The predicted octanol–water partition coefficient (Wildman–Crippen LogP) is 8.54. The van der Waals surface area contributed by atoms with Crippen LogP contribution in [0.4, 0.5) is 0 Å². The molecule has 3 nitrogen and oxygen atoms in total. The summed E-state index contributed by atoms with van der Waals surface area (Å²) in [5.41, 5.74) is 5.01. The van der Waals surface area contributed by atoms with E-state index in [2.05, 4.69) is 32.6 Å². The molecule has 0 fully saturated rings. The van der Waals surface area contributed by atoms with Crippen LogP contribution in [-0.2, 0) is 17.6 Å². The van der Waals surface area contributed by atoms with Crippen molar-refractivity contribution in [2.45, 2.75) is 46.5 Å². The lowest BCUT2D eigenvalue weighted by Crippen LogP contribution is -2.14. The van der Waals surface area contributed by atoms with Crippen molar-refractivity contribution in [3.63, 3.8) is 0 Å². The molecule has 4 heteroatoms. The van der Waals surface area contributed by atoms with Gasteiger partial charge in [0.05, 0.1) is 0 Å². The van der Waals surface area contributed by atoms with E-state index in [9.17, 15) is 4.79 Å². The summed E-state index contributed by atoms with van der Waals surface area (Å²) in [6.45, 7) is 9.65. The molecule has 0 heterocycles. The largest absolute Gasteiger partial charge is 0.456 e. The monoisotopic (exact) mass is 472 g/mol. The summed E-state index contributed by atoms with van der Waals surface area (Å²) >= 11 is 6.40. The molecule has 0 aromatic heterocycles. The predicted molar refractivity (Wildman–Crippen MR) is 140 cm³/mol. The van der Waals surface area contributed by atoms with E-state index in [0.717, 1.165) is 46.2 Å². The summed E-state index contributed by atoms with van der Waals surface area (Å²) in [4.78, 5) is 12.6. The summed E-state index contributed by atoms with van der Waals surface area (Å²) < 4.78 is 12.4. The first-order chi connectivity index (χ1) is 16.3. The van der Waals surface area contributed by atoms with E-state index in [-0.39, 0.29) is 0 Å². The van der Waals surface area contributed by atoms with Crippen molar-refractivity contribution >= 4 is 28.3 Å². The maximum atomic E-state index is 12.6. The first-order valence-corrected chi connectivity index (χ1v) is 11.9. The van der Waals surface area contributed by atoms with Crippen LogP contribution in [0.25, 0.3) is 10.8 Å². The zero-order valence-electron chi connectivity index (χ0n) is 19.9. The van der Waals surface area contributed by atoms with E-state index in [0.29, 0.717) is 29.2 Å². The minimum Gasteiger partial charge on any atom is -0.456 e. The van der Waals surface area contributed by atoms with E-state index in [1.807, 2.05) is 48.5 Å². The Balaban J connectivity index is 1.88. The number of carbonyl (C=O) groups excluding carboxylic acids is 1. The van der Waals surface area contributed by atoms with Crippen molar-refractivity contribution in [2.75, 3.05) is 0 Å². The smallest absolute Gasteiger partial charge is 0.338 e. The van der Waals surface area contributed by atoms with Crippen molar-refractivity contribution in [3.8, 4) is 17.2 Å². The Hall–Kier alpha value is -3.30. The third-order valence-electron chi connectivity index (χ3n) is 5.91. The van der Waals surface area contributed by atoms with Gasteiger partial charge in [-0.2, -0.15) is 0 Å². The molecule has 34 heavy (non-hydrogen) atoms. The van der Waals surface area contributed by atoms with Gasteiger partial charge in [-0.25, -0.2) is 4.79 Å². The first kappa shape index (κ1) is 23.8. The van der Waals surface area contributed by atoms with Crippen LogP contribution in [-0.4, -0.2) is 5.97 Å². The fraction of sp³-hybridized carbons (Fsp3) is 0.233. The van der Waals surface area contributed by atoms with Crippen LogP contribution in [0.2, 0.25) is 5.02 Å². The molecular formula is C30H29ClO3. The second-order valence-electron chi connectivity index (χ2n) is 8.95. The van der Waals surface area contributed by atoms with Gasteiger partial charge in [0, 0.05) is 32.5 Å². The standard InChI is InChI=1S/C30H29ClO3/c1-19(2)9-8-10-21-13-15-24-26(17-21)29(34-30(32)20(3)4)25-16-14-22(31)18-27(25)28(24)33-23-11-6-5-7-12-23/h5-7,9,11-14,16,18H,3,8,10,15,17H2,1-2,4H3. The van der Waals surface area contributed by atoms with Crippen LogP contribution in [0.15, 0.2) is 84.0 Å². The van der Waals surface area contributed by atoms with Crippen LogP contribution < -0.4 is 9.47 Å². The van der Waals surface area contributed by atoms with Crippen LogP contribution >= 0.6 is 11.6 Å². The highest BCUT2D eigenvalue weighted by molar-refractivity contribution is 6.31. The molecule has 0 atom stereocenters. The van der Waals surface area contributed by atoms with Crippen molar-refractivity contribution in [2.24, 2.45) is 0 Å². The van der Waals surface area contributed by atoms with Gasteiger partial charge < -0.3 is 9.47 Å². The van der Waals surface area contributed by atoms with Gasteiger partial charge in [0.15, 0.2) is 0 Å².